The summed E-state index contributed by atoms with van der Waals surface area (Å²) in [4.78, 5) is 13.5. The smallest absolute Gasteiger partial charge is 0.224 e. The molecule has 4 N–H and O–H groups in total. The maximum Gasteiger partial charge on any atom is 0.224 e. The first-order valence-electron chi connectivity index (χ1n) is 12.7. The van der Waals surface area contributed by atoms with Crippen LogP contribution in [-0.4, -0.2) is 50.6 Å². The summed E-state index contributed by atoms with van der Waals surface area (Å²) in [7, 11) is 3.96. The molecule has 1 aromatic rings. The first-order chi connectivity index (χ1) is 16.9. The molecule has 6 nitrogen and oxygen atoms in total. The molecule has 0 spiro atoms. The minimum Gasteiger partial charge on any atom is -0.489 e. The molecule has 35 heavy (non-hydrogen) atoms. The molecule has 0 bridgehead atoms. The van der Waals surface area contributed by atoms with Crippen LogP contribution in [0.5, 0.6) is 5.75 Å². The number of benzene rings is 1. The maximum absolute atomic E-state index is 11.5. The molecule has 2 rings (SSSR count). The Hall–Kier alpha value is -2.83. The molecule has 1 aliphatic rings. The Kier molecular flexibility index (Phi) is 15.2. The molecule has 1 atom stereocenters. The fourth-order valence-corrected chi connectivity index (χ4v) is 4.01. The Labute approximate surface area is 213 Å². The van der Waals surface area contributed by atoms with Gasteiger partial charge in [0.25, 0.3) is 0 Å². The standard InChI is InChI=1S/C20H24N2O2.C9H22N2/c1-6-13-24-18-10-8-9-16(7-2)20(18)15(4)22(5)17-11-12-19(23)21-14(17)3;1-11-9-7-5-3-2-4-6-8-10/h6-10,17H,1-4,11-13H2,5H3,(H,21,23);11H,2-10H2,1H3. The SMILES string of the molecule is C=CCOc1cccc(C=C)c1C(=C)N(C)C1CCC(=O)NC1=C.CNCCCCCCCCN. The number of hydrogen-bond acceptors (Lipinski definition) is 5. The topological polar surface area (TPSA) is 79.6 Å². The van der Waals surface area contributed by atoms with Gasteiger partial charge >= 0.3 is 0 Å². The highest BCUT2D eigenvalue weighted by molar-refractivity contribution is 5.80. The second-order valence-corrected chi connectivity index (χ2v) is 8.72. The number of amides is 1. The molecule has 1 fully saturated rings. The van der Waals surface area contributed by atoms with Crippen LogP contribution < -0.4 is 21.1 Å². The summed E-state index contributed by atoms with van der Waals surface area (Å²) >= 11 is 0. The fourth-order valence-electron chi connectivity index (χ4n) is 4.01. The van der Waals surface area contributed by atoms with Gasteiger partial charge in [0, 0.05) is 30.4 Å². The molecule has 1 unspecified atom stereocenters. The van der Waals surface area contributed by atoms with Crippen LogP contribution in [0.4, 0.5) is 0 Å². The molecule has 1 saturated heterocycles. The number of rotatable bonds is 15. The van der Waals surface area contributed by atoms with E-state index in [2.05, 4.69) is 36.9 Å². The predicted molar refractivity (Wildman–Crippen MR) is 150 cm³/mol. The van der Waals surface area contributed by atoms with Crippen molar-refractivity contribution < 1.29 is 9.53 Å². The van der Waals surface area contributed by atoms with Gasteiger partial charge in [-0.25, -0.2) is 0 Å². The van der Waals surface area contributed by atoms with Crippen molar-refractivity contribution in [3.63, 3.8) is 0 Å². The van der Waals surface area contributed by atoms with Crippen molar-refractivity contribution in [2.24, 2.45) is 5.73 Å². The average Bonchev–Trinajstić information content (AvgIpc) is 2.86. The summed E-state index contributed by atoms with van der Waals surface area (Å²) in [6, 6.07) is 5.80. The quantitative estimate of drug-likeness (QED) is 0.240. The van der Waals surface area contributed by atoms with Gasteiger partial charge in [-0.05, 0) is 51.0 Å². The second-order valence-electron chi connectivity index (χ2n) is 8.72. The third-order valence-electron chi connectivity index (χ3n) is 6.04. The van der Waals surface area contributed by atoms with Crippen LogP contribution >= 0.6 is 0 Å². The van der Waals surface area contributed by atoms with Gasteiger partial charge in [-0.1, -0.05) is 76.3 Å². The van der Waals surface area contributed by atoms with Crippen LogP contribution in [-0.2, 0) is 4.79 Å². The highest BCUT2D eigenvalue weighted by atomic mass is 16.5. The van der Waals surface area contributed by atoms with Crippen molar-refractivity contribution in [1.82, 2.24) is 15.5 Å². The zero-order valence-electron chi connectivity index (χ0n) is 21.9. The van der Waals surface area contributed by atoms with Crippen molar-refractivity contribution in [3.05, 3.63) is 67.4 Å². The molecule has 1 amide bonds. The number of carbonyl (C=O) groups excluding carboxylic acids is 1. The molecule has 0 saturated carbocycles. The first-order valence-corrected chi connectivity index (χ1v) is 12.7. The Morgan fingerprint density at radius 1 is 1.23 bits per heavy atom. The minimum absolute atomic E-state index is 0.000302. The lowest BCUT2D eigenvalue weighted by Gasteiger charge is -2.36. The number of likely N-dealkylation sites (N-methyl/N-ethyl adjacent to an activating group) is 1. The Bertz CT molecular complexity index is 826. The Morgan fingerprint density at radius 3 is 2.51 bits per heavy atom. The van der Waals surface area contributed by atoms with Gasteiger partial charge in [-0.3, -0.25) is 4.79 Å². The molecular weight excluding hydrogens is 436 g/mol. The van der Waals surface area contributed by atoms with Gasteiger partial charge in [0.05, 0.1) is 6.04 Å². The van der Waals surface area contributed by atoms with E-state index in [0.717, 1.165) is 35.7 Å². The normalized spacial score (nSPS) is 14.9. The van der Waals surface area contributed by atoms with Crippen molar-refractivity contribution in [3.8, 4) is 5.75 Å². The van der Waals surface area contributed by atoms with Crippen LogP contribution in [0.25, 0.3) is 11.8 Å². The van der Waals surface area contributed by atoms with Gasteiger partial charge < -0.3 is 26.0 Å². The van der Waals surface area contributed by atoms with E-state index >= 15 is 0 Å². The molecule has 0 aliphatic carbocycles. The van der Waals surface area contributed by atoms with Gasteiger partial charge in [-0.15, -0.1) is 0 Å². The van der Waals surface area contributed by atoms with Crippen LogP contribution in [0, 0.1) is 0 Å². The molecule has 1 aromatic carbocycles. The summed E-state index contributed by atoms with van der Waals surface area (Å²) in [6.45, 7) is 18.2. The molecule has 194 valence electrons. The van der Waals surface area contributed by atoms with E-state index in [0.29, 0.717) is 25.1 Å². The van der Waals surface area contributed by atoms with Crippen molar-refractivity contribution >= 4 is 17.7 Å². The van der Waals surface area contributed by atoms with E-state index in [-0.39, 0.29) is 11.9 Å². The molecule has 1 heterocycles. The van der Waals surface area contributed by atoms with Crippen molar-refractivity contribution in [2.75, 3.05) is 33.8 Å². The molecule has 0 aromatic heterocycles. The Morgan fingerprint density at radius 2 is 1.91 bits per heavy atom. The first kappa shape index (κ1) is 30.2. The van der Waals surface area contributed by atoms with Crippen molar-refractivity contribution in [1.29, 1.82) is 0 Å². The summed E-state index contributed by atoms with van der Waals surface area (Å²) in [5.74, 6) is 0.742. The van der Waals surface area contributed by atoms with Gasteiger partial charge in [0.2, 0.25) is 5.91 Å². The highest BCUT2D eigenvalue weighted by Gasteiger charge is 2.27. The highest BCUT2D eigenvalue weighted by Crippen LogP contribution is 2.34. The number of hydrogen-bond donors (Lipinski definition) is 3. The number of piperidine rings is 1. The summed E-state index contributed by atoms with van der Waals surface area (Å²) in [5, 5.41) is 5.96. The number of nitrogens with one attached hydrogen (secondary N) is 2. The fraction of sp³-hybridized carbons (Fsp3) is 0.483. The second kappa shape index (κ2) is 17.6. The third-order valence-corrected chi connectivity index (χ3v) is 6.04. The summed E-state index contributed by atoms with van der Waals surface area (Å²) < 4.78 is 5.79. The number of ether oxygens (including phenoxy) is 1. The van der Waals surface area contributed by atoms with Crippen LogP contribution in [0.2, 0.25) is 0 Å². The zero-order valence-corrected chi connectivity index (χ0v) is 21.9. The number of unbranched alkanes of at least 4 members (excludes halogenated alkanes) is 5. The van der Waals surface area contributed by atoms with Gasteiger partial charge in [0.15, 0.2) is 0 Å². The average molecular weight is 483 g/mol. The molecule has 1 aliphatic heterocycles. The van der Waals surface area contributed by atoms with E-state index in [1.165, 1.54) is 38.5 Å². The lowest BCUT2D eigenvalue weighted by molar-refractivity contribution is -0.121. The van der Waals surface area contributed by atoms with E-state index in [1.54, 1.807) is 12.2 Å². The number of carbonyl (C=O) groups is 1. The molecule has 0 radical (unpaired) electrons. The maximum atomic E-state index is 11.5. The number of nitrogens with two attached hydrogens (primary N) is 1. The molecule has 6 heteroatoms. The van der Waals surface area contributed by atoms with E-state index in [1.807, 2.05) is 37.2 Å². The largest absolute Gasteiger partial charge is 0.489 e. The van der Waals surface area contributed by atoms with E-state index < -0.39 is 0 Å². The van der Waals surface area contributed by atoms with E-state index in [4.69, 9.17) is 10.5 Å². The zero-order chi connectivity index (χ0) is 26.1. The predicted octanol–water partition coefficient (Wildman–Crippen LogP) is 5.09. The lowest BCUT2D eigenvalue weighted by Crippen LogP contribution is -2.43. The molecular formula is C29H46N4O2. The lowest BCUT2D eigenvalue weighted by atomic mass is 9.98. The van der Waals surface area contributed by atoms with E-state index in [9.17, 15) is 4.79 Å². The summed E-state index contributed by atoms with van der Waals surface area (Å²) in [5.41, 5.74) is 8.71. The van der Waals surface area contributed by atoms with Crippen LogP contribution in [0.15, 0.2) is 56.3 Å². The van der Waals surface area contributed by atoms with Gasteiger partial charge in [-0.2, -0.15) is 0 Å². The third kappa shape index (κ3) is 10.5. The Balaban J connectivity index is 0.000000471. The monoisotopic (exact) mass is 482 g/mol. The van der Waals surface area contributed by atoms with Crippen LogP contribution in [0.3, 0.4) is 0 Å². The van der Waals surface area contributed by atoms with Crippen molar-refractivity contribution in [2.45, 2.75) is 57.4 Å². The summed E-state index contributed by atoms with van der Waals surface area (Å²) in [6.07, 6.45) is 12.6. The minimum atomic E-state index is 0.000302. The van der Waals surface area contributed by atoms with Crippen LogP contribution in [0.1, 0.15) is 62.5 Å². The number of nitrogens with zero attached hydrogens (tertiary/aromatic N) is 1. The van der Waals surface area contributed by atoms with Gasteiger partial charge in [0.1, 0.15) is 12.4 Å².